The second kappa shape index (κ2) is 4.45. The van der Waals surface area contributed by atoms with Crippen molar-refractivity contribution in [2.45, 2.75) is 26.4 Å². The molecule has 2 heterocycles. The molecular formula is C12H15N3O. The van der Waals surface area contributed by atoms with Crippen LogP contribution in [0.3, 0.4) is 0 Å². The van der Waals surface area contributed by atoms with Crippen LogP contribution in [0.5, 0.6) is 0 Å². The highest BCUT2D eigenvalue weighted by molar-refractivity contribution is 5.63. The maximum atomic E-state index is 9.42. The molecule has 2 aromatic rings. The SMILES string of the molecule is CC(C)c1[nH]nc(-c2ccncc2)c1CO. The van der Waals surface area contributed by atoms with Gasteiger partial charge in [0.05, 0.1) is 12.3 Å². The number of nitrogens with one attached hydrogen (secondary N) is 1. The molecule has 16 heavy (non-hydrogen) atoms. The molecule has 0 aliphatic rings. The van der Waals surface area contributed by atoms with Crippen LogP contribution >= 0.6 is 0 Å². The van der Waals surface area contributed by atoms with Gasteiger partial charge >= 0.3 is 0 Å². The number of aliphatic hydroxyl groups is 1. The van der Waals surface area contributed by atoms with E-state index in [0.29, 0.717) is 5.92 Å². The van der Waals surface area contributed by atoms with Gasteiger partial charge in [-0.25, -0.2) is 0 Å². The first-order valence-corrected chi connectivity index (χ1v) is 5.32. The standard InChI is InChI=1S/C12H15N3O/c1-8(2)11-10(7-16)12(15-14-11)9-3-5-13-6-4-9/h3-6,8,16H,7H2,1-2H3,(H,14,15). The van der Waals surface area contributed by atoms with E-state index in [1.807, 2.05) is 12.1 Å². The number of aliphatic hydroxyl groups excluding tert-OH is 1. The highest BCUT2D eigenvalue weighted by Gasteiger charge is 2.15. The topological polar surface area (TPSA) is 61.8 Å². The molecule has 2 rings (SSSR count). The van der Waals surface area contributed by atoms with Crippen molar-refractivity contribution < 1.29 is 5.11 Å². The molecule has 0 unspecified atom stereocenters. The van der Waals surface area contributed by atoms with Crippen LogP contribution in [0.1, 0.15) is 31.0 Å². The third-order valence-corrected chi connectivity index (χ3v) is 2.59. The van der Waals surface area contributed by atoms with Gasteiger partial charge < -0.3 is 5.11 Å². The van der Waals surface area contributed by atoms with Crippen molar-refractivity contribution in [2.24, 2.45) is 0 Å². The van der Waals surface area contributed by atoms with Gasteiger partial charge in [0.15, 0.2) is 0 Å². The summed E-state index contributed by atoms with van der Waals surface area (Å²) in [5.74, 6) is 0.324. The second-order valence-electron chi connectivity index (χ2n) is 4.01. The quantitative estimate of drug-likeness (QED) is 0.827. The van der Waals surface area contributed by atoms with Gasteiger partial charge in [0.25, 0.3) is 0 Å². The Morgan fingerprint density at radius 2 is 2.00 bits per heavy atom. The Morgan fingerprint density at radius 3 is 2.56 bits per heavy atom. The summed E-state index contributed by atoms with van der Waals surface area (Å²) in [5.41, 5.74) is 3.66. The van der Waals surface area contributed by atoms with Crippen molar-refractivity contribution in [1.82, 2.24) is 15.2 Å². The number of hydrogen-bond donors (Lipinski definition) is 2. The Hall–Kier alpha value is -1.68. The van der Waals surface area contributed by atoms with Crippen molar-refractivity contribution in [2.75, 3.05) is 0 Å². The first-order chi connectivity index (χ1) is 7.74. The molecule has 0 aliphatic heterocycles. The van der Waals surface area contributed by atoms with E-state index in [9.17, 15) is 5.11 Å². The van der Waals surface area contributed by atoms with Crippen molar-refractivity contribution in [1.29, 1.82) is 0 Å². The van der Waals surface area contributed by atoms with Crippen molar-refractivity contribution in [3.05, 3.63) is 35.8 Å². The van der Waals surface area contributed by atoms with E-state index >= 15 is 0 Å². The lowest BCUT2D eigenvalue weighted by atomic mass is 10.0. The molecule has 0 fully saturated rings. The van der Waals surface area contributed by atoms with Gasteiger partial charge in [0.2, 0.25) is 0 Å². The smallest absolute Gasteiger partial charge is 0.0979 e. The normalized spacial score (nSPS) is 11.0. The molecule has 0 radical (unpaired) electrons. The summed E-state index contributed by atoms with van der Waals surface area (Å²) < 4.78 is 0. The molecule has 0 saturated heterocycles. The Bertz CT molecular complexity index is 462. The molecule has 0 amide bonds. The molecule has 84 valence electrons. The summed E-state index contributed by atoms with van der Waals surface area (Å²) in [6, 6.07) is 3.78. The Balaban J connectivity index is 2.50. The van der Waals surface area contributed by atoms with Crippen LogP contribution in [0.2, 0.25) is 0 Å². The summed E-state index contributed by atoms with van der Waals surface area (Å²) in [5, 5.41) is 16.7. The van der Waals surface area contributed by atoms with E-state index in [1.54, 1.807) is 12.4 Å². The van der Waals surface area contributed by atoms with Gasteiger partial charge in [-0.15, -0.1) is 0 Å². The van der Waals surface area contributed by atoms with Gasteiger partial charge in [0.1, 0.15) is 0 Å². The zero-order chi connectivity index (χ0) is 11.5. The van der Waals surface area contributed by atoms with Crippen LogP contribution in [0, 0.1) is 0 Å². The lowest BCUT2D eigenvalue weighted by Crippen LogP contribution is -1.95. The van der Waals surface area contributed by atoms with E-state index in [-0.39, 0.29) is 6.61 Å². The third kappa shape index (κ3) is 1.84. The molecule has 2 aromatic heterocycles. The molecule has 2 N–H and O–H groups in total. The van der Waals surface area contributed by atoms with E-state index in [4.69, 9.17) is 0 Å². The van der Waals surface area contributed by atoms with Crippen LogP contribution in [-0.4, -0.2) is 20.3 Å². The van der Waals surface area contributed by atoms with Crippen LogP contribution in [0.25, 0.3) is 11.3 Å². The molecule has 0 saturated carbocycles. The van der Waals surface area contributed by atoms with Crippen molar-refractivity contribution in [3.8, 4) is 11.3 Å². The summed E-state index contributed by atoms with van der Waals surface area (Å²) in [6.45, 7) is 4.15. The minimum atomic E-state index is 0.00166. The van der Waals surface area contributed by atoms with Gasteiger partial charge in [-0.1, -0.05) is 13.8 Å². The summed E-state index contributed by atoms with van der Waals surface area (Å²) >= 11 is 0. The molecule has 4 nitrogen and oxygen atoms in total. The number of pyridine rings is 1. The third-order valence-electron chi connectivity index (χ3n) is 2.59. The minimum absolute atomic E-state index is 0.00166. The second-order valence-corrected chi connectivity index (χ2v) is 4.01. The number of aromatic amines is 1. The first kappa shape index (κ1) is 10.8. The average molecular weight is 217 g/mol. The number of rotatable bonds is 3. The van der Waals surface area contributed by atoms with E-state index in [1.165, 1.54) is 0 Å². The molecule has 0 bridgehead atoms. The minimum Gasteiger partial charge on any atom is -0.392 e. The van der Waals surface area contributed by atoms with Crippen LogP contribution in [0.4, 0.5) is 0 Å². The van der Waals surface area contributed by atoms with Gasteiger partial charge in [-0.2, -0.15) is 5.10 Å². The van der Waals surface area contributed by atoms with Gasteiger partial charge in [-0.05, 0) is 18.1 Å². The monoisotopic (exact) mass is 217 g/mol. The fraction of sp³-hybridized carbons (Fsp3) is 0.333. The maximum absolute atomic E-state index is 9.42. The fourth-order valence-electron chi connectivity index (χ4n) is 1.76. The van der Waals surface area contributed by atoms with Crippen LogP contribution in [-0.2, 0) is 6.61 Å². The van der Waals surface area contributed by atoms with Gasteiger partial charge in [-0.3, -0.25) is 10.1 Å². The molecule has 0 aliphatic carbocycles. The number of aromatic nitrogens is 3. The molecular weight excluding hydrogens is 202 g/mol. The molecule has 4 heteroatoms. The largest absolute Gasteiger partial charge is 0.392 e. The van der Waals surface area contributed by atoms with E-state index in [2.05, 4.69) is 29.0 Å². The van der Waals surface area contributed by atoms with Crippen LogP contribution in [0.15, 0.2) is 24.5 Å². The summed E-state index contributed by atoms with van der Waals surface area (Å²) in [6.07, 6.45) is 3.44. The lowest BCUT2D eigenvalue weighted by molar-refractivity contribution is 0.280. The highest BCUT2D eigenvalue weighted by Crippen LogP contribution is 2.27. The van der Waals surface area contributed by atoms with Gasteiger partial charge in [0, 0.05) is 29.2 Å². The first-order valence-electron chi connectivity index (χ1n) is 5.32. The number of hydrogen-bond acceptors (Lipinski definition) is 3. The molecule has 0 spiro atoms. The Kier molecular flexibility index (Phi) is 3.01. The summed E-state index contributed by atoms with van der Waals surface area (Å²) in [7, 11) is 0. The maximum Gasteiger partial charge on any atom is 0.0979 e. The molecule has 0 aromatic carbocycles. The zero-order valence-electron chi connectivity index (χ0n) is 9.44. The van der Waals surface area contributed by atoms with E-state index in [0.717, 1.165) is 22.5 Å². The van der Waals surface area contributed by atoms with Crippen molar-refractivity contribution >= 4 is 0 Å². The number of H-pyrrole nitrogens is 1. The van der Waals surface area contributed by atoms with Crippen LogP contribution < -0.4 is 0 Å². The average Bonchev–Trinajstić information content (AvgIpc) is 2.73. The highest BCUT2D eigenvalue weighted by atomic mass is 16.3. The number of nitrogens with zero attached hydrogens (tertiary/aromatic N) is 2. The fourth-order valence-corrected chi connectivity index (χ4v) is 1.76. The Morgan fingerprint density at radius 1 is 1.31 bits per heavy atom. The predicted molar refractivity (Wildman–Crippen MR) is 61.8 cm³/mol. The predicted octanol–water partition coefficient (Wildman–Crippen LogP) is 2.09. The summed E-state index contributed by atoms with van der Waals surface area (Å²) in [4.78, 5) is 3.97. The zero-order valence-corrected chi connectivity index (χ0v) is 9.44. The Labute approximate surface area is 94.4 Å². The van der Waals surface area contributed by atoms with E-state index < -0.39 is 0 Å². The molecule has 0 atom stereocenters. The van der Waals surface area contributed by atoms with Crippen molar-refractivity contribution in [3.63, 3.8) is 0 Å². The lowest BCUT2D eigenvalue weighted by Gasteiger charge is -2.05.